The van der Waals surface area contributed by atoms with Crippen LogP contribution in [-0.4, -0.2) is 69.2 Å². The largest absolute Gasteiger partial charge is 0.474 e. The van der Waals surface area contributed by atoms with Gasteiger partial charge in [-0.3, -0.25) is 19.4 Å². The molecule has 252 valence electrons. The highest BCUT2D eigenvalue weighted by Crippen LogP contribution is 2.22. The molecule has 1 fully saturated rings. The molecule has 1 saturated heterocycles. The van der Waals surface area contributed by atoms with Crippen molar-refractivity contribution in [3.63, 3.8) is 0 Å². The minimum atomic E-state index is -1.53. The van der Waals surface area contributed by atoms with E-state index in [1.807, 2.05) is 24.3 Å². The van der Waals surface area contributed by atoms with E-state index < -0.39 is 17.9 Å². The van der Waals surface area contributed by atoms with Crippen LogP contribution in [0.15, 0.2) is 54.7 Å². The molecular formula is C37H49N5O5. The van der Waals surface area contributed by atoms with Crippen molar-refractivity contribution in [2.24, 2.45) is 5.92 Å². The van der Waals surface area contributed by atoms with E-state index in [0.717, 1.165) is 18.4 Å². The number of hydrogen-bond donors (Lipinski definition) is 3. The molecule has 2 aromatic carbocycles. The highest BCUT2D eigenvalue weighted by atomic mass is 16.4. The highest BCUT2D eigenvalue weighted by molar-refractivity contribution is 6.31. The van der Waals surface area contributed by atoms with E-state index in [1.54, 1.807) is 24.3 Å². The van der Waals surface area contributed by atoms with Gasteiger partial charge in [-0.15, -0.1) is 0 Å². The summed E-state index contributed by atoms with van der Waals surface area (Å²) in [6.45, 7) is 3.70. The molecule has 2 unspecified atom stereocenters. The molecule has 10 heteroatoms. The Bertz CT molecular complexity index is 1480. The van der Waals surface area contributed by atoms with Crippen LogP contribution in [0, 0.1) is 5.92 Å². The molecule has 3 aromatic rings. The zero-order valence-electron chi connectivity index (χ0n) is 27.6. The van der Waals surface area contributed by atoms with Gasteiger partial charge in [-0.1, -0.05) is 89.0 Å². The summed E-state index contributed by atoms with van der Waals surface area (Å²) in [5, 5.41) is 15.8. The maximum Gasteiger partial charge on any atom is 0.394 e. The van der Waals surface area contributed by atoms with E-state index >= 15 is 0 Å². The molecule has 2 heterocycles. The molecule has 2 atom stereocenters. The first-order valence-electron chi connectivity index (χ1n) is 17.2. The minimum Gasteiger partial charge on any atom is -0.474 e. The number of benzene rings is 2. The summed E-state index contributed by atoms with van der Waals surface area (Å²) in [6.07, 6.45) is 15.0. The number of aliphatic carboxylic acids is 1. The van der Waals surface area contributed by atoms with Gasteiger partial charge in [0.05, 0.1) is 23.3 Å². The third-order valence-corrected chi connectivity index (χ3v) is 8.88. The van der Waals surface area contributed by atoms with Gasteiger partial charge in [-0.2, -0.15) is 0 Å². The first kappa shape index (κ1) is 35.7. The number of hydrogen-bond acceptors (Lipinski definition) is 7. The molecule has 4 rings (SSSR count). The zero-order chi connectivity index (χ0) is 33.4. The Kier molecular flexibility index (Phi) is 14.3. The van der Waals surface area contributed by atoms with Crippen molar-refractivity contribution >= 4 is 34.6 Å². The monoisotopic (exact) mass is 643 g/mol. The Balaban J connectivity index is 1.24. The quantitative estimate of drug-likeness (QED) is 0.0878. The molecule has 1 aliphatic heterocycles. The third-order valence-electron chi connectivity index (χ3n) is 8.88. The predicted molar refractivity (Wildman–Crippen MR) is 182 cm³/mol. The number of carboxylic acids is 1. The van der Waals surface area contributed by atoms with Crippen LogP contribution in [0.4, 0.5) is 0 Å². The maximum absolute atomic E-state index is 13.3. The molecule has 2 amide bonds. The first-order valence-corrected chi connectivity index (χ1v) is 17.2. The summed E-state index contributed by atoms with van der Waals surface area (Å²) >= 11 is 0. The number of nitrogens with zero attached hydrogens (tertiary/aromatic N) is 3. The summed E-state index contributed by atoms with van der Waals surface area (Å²) in [5.41, 5.74) is 2.86. The smallest absolute Gasteiger partial charge is 0.394 e. The van der Waals surface area contributed by atoms with Crippen molar-refractivity contribution in [2.45, 2.75) is 96.6 Å². The second kappa shape index (κ2) is 18.8. The molecule has 0 bridgehead atoms. The molecule has 1 aromatic heterocycles. The van der Waals surface area contributed by atoms with Crippen LogP contribution in [0.3, 0.4) is 0 Å². The number of aromatic nitrogens is 2. The maximum atomic E-state index is 13.3. The van der Waals surface area contributed by atoms with Gasteiger partial charge in [0.15, 0.2) is 5.78 Å². The van der Waals surface area contributed by atoms with E-state index in [2.05, 4.69) is 27.5 Å². The fraction of sp³-hybridized carbons (Fsp3) is 0.514. The van der Waals surface area contributed by atoms with Gasteiger partial charge < -0.3 is 20.6 Å². The summed E-state index contributed by atoms with van der Waals surface area (Å²) in [7, 11) is 0. The number of carbonyl (C=O) groups excluding carboxylic acids is 3. The van der Waals surface area contributed by atoms with Crippen LogP contribution >= 0.6 is 0 Å². The standard InChI is InChI=1S/C37H49N5O5/c1-2-3-4-5-6-7-8-9-10-13-21-39-35(44)29-18-16-27(17-19-29)25-42(36(45)37(46)47)26-28-20-22-38-32(23-28)34(43)33-24-40-30-14-11-12-15-31(30)41-33/h11-12,14-19,24,28,32,38H,2-10,13,20-23,25-26H2,1H3,(H,39,44)(H,46,47). The number of unbranched alkanes of at least 4 members (excludes halogenated alkanes) is 9. The van der Waals surface area contributed by atoms with Crippen molar-refractivity contribution in [3.05, 3.63) is 71.5 Å². The first-order chi connectivity index (χ1) is 22.9. The molecular weight excluding hydrogens is 594 g/mol. The van der Waals surface area contributed by atoms with Gasteiger partial charge >= 0.3 is 11.9 Å². The number of Topliss-reactive ketones (excluding diaryl/α,β-unsaturated/α-hetero) is 1. The fourth-order valence-corrected chi connectivity index (χ4v) is 6.18. The lowest BCUT2D eigenvalue weighted by molar-refractivity contribution is -0.156. The molecule has 0 radical (unpaired) electrons. The Labute approximate surface area is 277 Å². The summed E-state index contributed by atoms with van der Waals surface area (Å²) < 4.78 is 0. The van der Waals surface area contributed by atoms with E-state index in [4.69, 9.17) is 0 Å². The second-order valence-corrected chi connectivity index (χ2v) is 12.6. The summed E-state index contributed by atoms with van der Waals surface area (Å²) in [6, 6.07) is 13.8. The SMILES string of the molecule is CCCCCCCCCCCCNC(=O)c1ccc(CN(CC2CCNC(C(=O)c3cnc4ccccc4n3)C2)C(=O)C(=O)O)cc1. The number of ketones is 1. The Hall–Kier alpha value is -4.18. The van der Waals surface area contributed by atoms with Gasteiger partial charge in [0, 0.05) is 25.2 Å². The van der Waals surface area contributed by atoms with Crippen LogP contribution in [0.2, 0.25) is 0 Å². The van der Waals surface area contributed by atoms with Crippen molar-refractivity contribution < 1.29 is 24.3 Å². The molecule has 10 nitrogen and oxygen atoms in total. The predicted octanol–water partition coefficient (Wildman–Crippen LogP) is 5.94. The van der Waals surface area contributed by atoms with Crippen LogP contribution in [0.25, 0.3) is 11.0 Å². The van der Waals surface area contributed by atoms with Crippen molar-refractivity contribution in [1.29, 1.82) is 0 Å². The lowest BCUT2D eigenvalue weighted by Crippen LogP contribution is -2.47. The number of fused-ring (bicyclic) bond motifs is 1. The van der Waals surface area contributed by atoms with Gasteiger partial charge in [0.1, 0.15) is 5.69 Å². The van der Waals surface area contributed by atoms with Gasteiger partial charge in [-0.05, 0) is 61.6 Å². The normalized spacial score (nSPS) is 16.1. The molecule has 0 saturated carbocycles. The topological polar surface area (TPSA) is 142 Å². The number of rotatable bonds is 18. The van der Waals surface area contributed by atoms with Crippen molar-refractivity contribution in [2.75, 3.05) is 19.6 Å². The average molecular weight is 644 g/mol. The van der Waals surface area contributed by atoms with Gasteiger partial charge in [0.2, 0.25) is 0 Å². The fourth-order valence-electron chi connectivity index (χ4n) is 6.18. The molecule has 0 aliphatic carbocycles. The van der Waals surface area contributed by atoms with Crippen molar-refractivity contribution in [3.8, 4) is 0 Å². The van der Waals surface area contributed by atoms with E-state index in [-0.39, 0.29) is 36.4 Å². The molecule has 3 N–H and O–H groups in total. The Morgan fingerprint density at radius 2 is 1.55 bits per heavy atom. The number of carbonyl (C=O) groups is 4. The third kappa shape index (κ3) is 11.2. The van der Waals surface area contributed by atoms with Crippen LogP contribution in [0.5, 0.6) is 0 Å². The number of nitrogens with one attached hydrogen (secondary N) is 2. The second-order valence-electron chi connectivity index (χ2n) is 12.6. The van der Waals surface area contributed by atoms with Gasteiger partial charge in [-0.25, -0.2) is 9.78 Å². The van der Waals surface area contributed by atoms with E-state index in [9.17, 15) is 24.3 Å². The molecule has 0 spiro atoms. The lowest BCUT2D eigenvalue weighted by atomic mass is 9.89. The Morgan fingerprint density at radius 3 is 2.23 bits per heavy atom. The number of para-hydroxylation sites is 2. The average Bonchev–Trinajstić information content (AvgIpc) is 3.09. The van der Waals surface area contributed by atoms with Crippen LogP contribution < -0.4 is 10.6 Å². The highest BCUT2D eigenvalue weighted by Gasteiger charge is 2.32. The minimum absolute atomic E-state index is 0.0854. The zero-order valence-corrected chi connectivity index (χ0v) is 27.6. The van der Waals surface area contributed by atoms with Crippen LogP contribution in [0.1, 0.15) is 110 Å². The number of amides is 2. The number of carboxylic acid groups (broad SMARTS) is 1. The Morgan fingerprint density at radius 1 is 0.894 bits per heavy atom. The van der Waals surface area contributed by atoms with Crippen LogP contribution in [-0.2, 0) is 16.1 Å². The van der Waals surface area contributed by atoms with E-state index in [1.165, 1.54) is 62.5 Å². The van der Waals surface area contributed by atoms with Gasteiger partial charge in [0.25, 0.3) is 5.91 Å². The van der Waals surface area contributed by atoms with Crippen molar-refractivity contribution in [1.82, 2.24) is 25.5 Å². The van der Waals surface area contributed by atoms with E-state index in [0.29, 0.717) is 42.5 Å². The number of piperidine rings is 1. The summed E-state index contributed by atoms with van der Waals surface area (Å²) in [5.74, 6) is -2.93. The molecule has 47 heavy (non-hydrogen) atoms. The summed E-state index contributed by atoms with van der Waals surface area (Å²) in [4.78, 5) is 60.5. The molecule has 1 aliphatic rings. The lowest BCUT2D eigenvalue weighted by Gasteiger charge is -2.33.